The van der Waals surface area contributed by atoms with Gasteiger partial charge in [0.15, 0.2) is 0 Å². The van der Waals surface area contributed by atoms with E-state index in [0.29, 0.717) is 0 Å². The van der Waals surface area contributed by atoms with Gasteiger partial charge in [0.25, 0.3) is 0 Å². The van der Waals surface area contributed by atoms with Gasteiger partial charge in [-0.05, 0) is 48.2 Å². The Hall–Kier alpha value is -0.150. The Labute approximate surface area is 103 Å². The van der Waals surface area contributed by atoms with Gasteiger partial charge in [-0.2, -0.15) is 0 Å². The van der Waals surface area contributed by atoms with Crippen molar-refractivity contribution in [1.29, 1.82) is 0 Å². The molecule has 0 bridgehead atoms. The van der Waals surface area contributed by atoms with E-state index in [9.17, 15) is 4.79 Å². The highest BCUT2D eigenvalue weighted by atomic mass is 79.9. The zero-order valence-corrected chi connectivity index (χ0v) is 11.5. The van der Waals surface area contributed by atoms with E-state index in [1.807, 2.05) is 0 Å². The first-order chi connectivity index (χ1) is 7.10. The summed E-state index contributed by atoms with van der Waals surface area (Å²) < 4.78 is 1.17. The quantitative estimate of drug-likeness (QED) is 0.747. The lowest BCUT2D eigenvalue weighted by Gasteiger charge is -2.23. The molecular formula is C12H15BrOS. The van der Waals surface area contributed by atoms with E-state index in [0.717, 1.165) is 12.8 Å². The number of aryl methyl sites for hydroxylation is 2. The highest BCUT2D eigenvalue weighted by Gasteiger charge is 2.39. The van der Waals surface area contributed by atoms with Crippen molar-refractivity contribution in [3.05, 3.63) is 19.8 Å². The van der Waals surface area contributed by atoms with Crippen molar-refractivity contribution in [2.45, 2.75) is 44.9 Å². The molecule has 1 aromatic rings. The van der Waals surface area contributed by atoms with E-state index < -0.39 is 0 Å². The number of halogens is 1. The molecule has 3 heteroatoms. The van der Waals surface area contributed by atoms with Crippen LogP contribution >= 0.6 is 27.3 Å². The van der Waals surface area contributed by atoms with Crippen molar-refractivity contribution in [2.24, 2.45) is 0 Å². The minimum atomic E-state index is -0.187. The Balaban J connectivity index is 2.55. The predicted octanol–water partition coefficient (Wildman–Crippen LogP) is 4.14. The van der Waals surface area contributed by atoms with Crippen molar-refractivity contribution in [2.75, 3.05) is 0 Å². The fourth-order valence-electron chi connectivity index (χ4n) is 2.66. The van der Waals surface area contributed by atoms with Crippen LogP contribution in [0.15, 0.2) is 4.47 Å². The van der Waals surface area contributed by atoms with Gasteiger partial charge in [0.2, 0.25) is 0 Å². The maximum absolute atomic E-state index is 11.4. The highest BCUT2D eigenvalue weighted by molar-refractivity contribution is 9.10. The molecule has 82 valence electrons. The van der Waals surface area contributed by atoms with E-state index in [1.165, 1.54) is 38.9 Å². The molecule has 2 rings (SSSR count). The number of aldehydes is 1. The Morgan fingerprint density at radius 2 is 1.87 bits per heavy atom. The minimum absolute atomic E-state index is 0.187. The van der Waals surface area contributed by atoms with Gasteiger partial charge >= 0.3 is 0 Å². The molecule has 0 atom stereocenters. The predicted molar refractivity (Wildman–Crippen MR) is 67.7 cm³/mol. The molecule has 1 fully saturated rings. The first-order valence-electron chi connectivity index (χ1n) is 5.33. The standard InChI is InChI=1S/C12H15BrOS/c1-8-10(11(13)9(2)15-8)12(7-14)5-3-4-6-12/h7H,3-6H2,1-2H3. The molecule has 0 saturated heterocycles. The maximum atomic E-state index is 11.4. The van der Waals surface area contributed by atoms with Gasteiger partial charge in [-0.1, -0.05) is 12.8 Å². The van der Waals surface area contributed by atoms with Crippen LogP contribution in [0.2, 0.25) is 0 Å². The van der Waals surface area contributed by atoms with Crippen LogP contribution in [0.3, 0.4) is 0 Å². The summed E-state index contributed by atoms with van der Waals surface area (Å²) in [6.45, 7) is 4.24. The smallest absolute Gasteiger partial charge is 0.130 e. The number of carbonyl (C=O) groups is 1. The molecule has 0 unspecified atom stereocenters. The fourth-order valence-corrected chi connectivity index (χ4v) is 4.78. The van der Waals surface area contributed by atoms with Gasteiger partial charge in [0.05, 0.1) is 5.41 Å². The van der Waals surface area contributed by atoms with Crippen LogP contribution in [-0.4, -0.2) is 6.29 Å². The lowest BCUT2D eigenvalue weighted by atomic mass is 9.80. The Morgan fingerprint density at radius 3 is 2.27 bits per heavy atom. The van der Waals surface area contributed by atoms with Crippen molar-refractivity contribution in [3.63, 3.8) is 0 Å². The van der Waals surface area contributed by atoms with Crippen molar-refractivity contribution in [3.8, 4) is 0 Å². The van der Waals surface area contributed by atoms with E-state index in [1.54, 1.807) is 11.3 Å². The highest BCUT2D eigenvalue weighted by Crippen LogP contribution is 2.47. The average Bonchev–Trinajstić information content (AvgIpc) is 2.75. The number of hydrogen-bond donors (Lipinski definition) is 0. The summed E-state index contributed by atoms with van der Waals surface area (Å²) in [5.41, 5.74) is 1.07. The molecule has 0 aromatic carbocycles. The third-order valence-electron chi connectivity index (χ3n) is 3.41. The average molecular weight is 287 g/mol. The maximum Gasteiger partial charge on any atom is 0.130 e. The zero-order chi connectivity index (χ0) is 11.1. The lowest BCUT2D eigenvalue weighted by molar-refractivity contribution is -0.112. The molecule has 0 N–H and O–H groups in total. The molecule has 1 heterocycles. The molecule has 1 aromatic heterocycles. The molecular weight excluding hydrogens is 272 g/mol. The van der Waals surface area contributed by atoms with Crippen molar-refractivity contribution < 1.29 is 4.79 Å². The normalized spacial score (nSPS) is 19.4. The molecule has 0 amide bonds. The summed E-state index contributed by atoms with van der Waals surface area (Å²) in [4.78, 5) is 14.0. The van der Waals surface area contributed by atoms with Gasteiger partial charge in [-0.3, -0.25) is 0 Å². The van der Waals surface area contributed by atoms with Gasteiger partial charge in [-0.25, -0.2) is 0 Å². The van der Waals surface area contributed by atoms with E-state index in [2.05, 4.69) is 29.8 Å². The Morgan fingerprint density at radius 1 is 1.27 bits per heavy atom. The summed E-state index contributed by atoms with van der Waals surface area (Å²) >= 11 is 5.43. The molecule has 1 saturated carbocycles. The lowest BCUT2D eigenvalue weighted by Crippen LogP contribution is -2.24. The van der Waals surface area contributed by atoms with Crippen LogP contribution in [0.5, 0.6) is 0 Å². The Kier molecular flexibility index (Phi) is 3.04. The van der Waals surface area contributed by atoms with Crippen LogP contribution < -0.4 is 0 Å². The van der Waals surface area contributed by atoms with Gasteiger partial charge in [-0.15, -0.1) is 11.3 Å². The third kappa shape index (κ3) is 1.70. The van der Waals surface area contributed by atoms with Crippen LogP contribution in [-0.2, 0) is 10.2 Å². The monoisotopic (exact) mass is 286 g/mol. The molecule has 0 spiro atoms. The van der Waals surface area contributed by atoms with Crippen LogP contribution in [0.4, 0.5) is 0 Å². The number of thiophene rings is 1. The third-order valence-corrected chi connectivity index (χ3v) is 5.68. The minimum Gasteiger partial charge on any atom is -0.302 e. The molecule has 0 radical (unpaired) electrons. The molecule has 1 aliphatic carbocycles. The van der Waals surface area contributed by atoms with E-state index in [-0.39, 0.29) is 5.41 Å². The second kappa shape index (κ2) is 4.02. The van der Waals surface area contributed by atoms with Gasteiger partial charge in [0.1, 0.15) is 6.29 Å². The first kappa shape index (κ1) is 11.3. The first-order valence-corrected chi connectivity index (χ1v) is 6.94. The summed E-state index contributed by atoms with van der Waals surface area (Å²) in [7, 11) is 0. The summed E-state index contributed by atoms with van der Waals surface area (Å²) in [5.74, 6) is 0. The zero-order valence-electron chi connectivity index (χ0n) is 9.10. The summed E-state index contributed by atoms with van der Waals surface area (Å²) in [6, 6.07) is 0. The fraction of sp³-hybridized carbons (Fsp3) is 0.583. The van der Waals surface area contributed by atoms with E-state index in [4.69, 9.17) is 0 Å². The molecule has 0 aliphatic heterocycles. The summed E-state index contributed by atoms with van der Waals surface area (Å²) in [5, 5.41) is 0. The number of rotatable bonds is 2. The van der Waals surface area contributed by atoms with Gasteiger partial charge < -0.3 is 4.79 Å². The number of hydrogen-bond acceptors (Lipinski definition) is 2. The molecule has 15 heavy (non-hydrogen) atoms. The Bertz CT molecular complexity index is 389. The molecule has 1 nitrogen and oxygen atoms in total. The SMILES string of the molecule is Cc1sc(C)c(C2(C=O)CCCC2)c1Br. The summed E-state index contributed by atoms with van der Waals surface area (Å²) in [6.07, 6.45) is 5.58. The van der Waals surface area contributed by atoms with E-state index >= 15 is 0 Å². The second-order valence-electron chi connectivity index (χ2n) is 4.38. The molecule has 1 aliphatic rings. The van der Waals surface area contributed by atoms with Crippen LogP contribution in [0.25, 0.3) is 0 Å². The van der Waals surface area contributed by atoms with Crippen LogP contribution in [0, 0.1) is 13.8 Å². The second-order valence-corrected chi connectivity index (χ2v) is 6.61. The van der Waals surface area contributed by atoms with Crippen molar-refractivity contribution >= 4 is 33.6 Å². The largest absolute Gasteiger partial charge is 0.302 e. The van der Waals surface area contributed by atoms with Gasteiger partial charge in [0, 0.05) is 14.2 Å². The topological polar surface area (TPSA) is 17.1 Å². The van der Waals surface area contributed by atoms with Crippen LogP contribution in [0.1, 0.15) is 41.0 Å². The van der Waals surface area contributed by atoms with Crippen molar-refractivity contribution in [1.82, 2.24) is 0 Å². The number of carbonyl (C=O) groups excluding carboxylic acids is 1.